The third kappa shape index (κ3) is 3.37. The van der Waals surface area contributed by atoms with Gasteiger partial charge in [-0.1, -0.05) is 47.1 Å². The second kappa shape index (κ2) is 7.42. The van der Waals surface area contributed by atoms with Crippen molar-refractivity contribution in [2.45, 2.75) is 19.3 Å². The molecule has 5 rings (SSSR count). The summed E-state index contributed by atoms with van der Waals surface area (Å²) in [6, 6.07) is 17.2. The Morgan fingerprint density at radius 3 is 2.80 bits per heavy atom. The second-order valence-electron chi connectivity index (χ2n) is 7.33. The highest BCUT2D eigenvalue weighted by Crippen LogP contribution is 2.34. The van der Waals surface area contributed by atoms with Crippen LogP contribution in [-0.4, -0.2) is 32.8 Å². The van der Waals surface area contributed by atoms with Crippen molar-refractivity contribution in [1.29, 1.82) is 0 Å². The van der Waals surface area contributed by atoms with Crippen molar-refractivity contribution >= 4 is 23.2 Å². The number of halogens is 1. The summed E-state index contributed by atoms with van der Waals surface area (Å²) in [5, 5.41) is 12.0. The highest BCUT2D eigenvalue weighted by atomic mass is 35.5. The molecule has 1 unspecified atom stereocenters. The predicted molar refractivity (Wildman–Crippen MR) is 113 cm³/mol. The summed E-state index contributed by atoms with van der Waals surface area (Å²) in [4.78, 5) is 18.9. The summed E-state index contributed by atoms with van der Waals surface area (Å²) in [6.45, 7) is 2.44. The number of carbonyl (C=O) groups excluding carboxylic acids is 1. The normalized spacial score (nSPS) is 16.4. The molecule has 4 aromatic rings. The minimum absolute atomic E-state index is 0.0321. The number of anilines is 1. The number of H-pyrrole nitrogens is 1. The second-order valence-corrected chi connectivity index (χ2v) is 7.76. The van der Waals surface area contributed by atoms with Crippen LogP contribution in [0.25, 0.3) is 22.8 Å². The number of hydrogen-bond acceptors (Lipinski definition) is 5. The average Bonchev–Trinajstić information content (AvgIpc) is 3.48. The minimum atomic E-state index is -0.137. The molecule has 1 aliphatic heterocycles. The summed E-state index contributed by atoms with van der Waals surface area (Å²) in [5.41, 5.74) is 4.25. The monoisotopic (exact) mass is 419 g/mol. The minimum Gasteiger partial charge on any atom is -0.332 e. The zero-order valence-corrected chi connectivity index (χ0v) is 16.9. The van der Waals surface area contributed by atoms with Gasteiger partial charge in [0.2, 0.25) is 5.91 Å². The van der Waals surface area contributed by atoms with E-state index >= 15 is 0 Å². The van der Waals surface area contributed by atoms with Crippen molar-refractivity contribution in [2.75, 3.05) is 11.4 Å². The van der Waals surface area contributed by atoms with Crippen LogP contribution < -0.4 is 4.90 Å². The van der Waals surface area contributed by atoms with Crippen molar-refractivity contribution in [3.05, 3.63) is 71.0 Å². The Bertz CT molecular complexity index is 1220. The lowest BCUT2D eigenvalue weighted by Gasteiger charge is -2.18. The van der Waals surface area contributed by atoms with Gasteiger partial charge in [-0.3, -0.25) is 9.89 Å². The van der Waals surface area contributed by atoms with Crippen LogP contribution in [0, 0.1) is 6.92 Å². The number of aryl methyl sites for hydroxylation is 1. The van der Waals surface area contributed by atoms with E-state index in [0.29, 0.717) is 35.4 Å². The van der Waals surface area contributed by atoms with Crippen LogP contribution in [0.15, 0.2) is 59.1 Å². The van der Waals surface area contributed by atoms with Crippen LogP contribution in [0.5, 0.6) is 0 Å². The molecule has 0 spiro atoms. The third-order valence-electron chi connectivity index (χ3n) is 5.26. The van der Waals surface area contributed by atoms with Gasteiger partial charge in [0, 0.05) is 35.2 Å². The first-order valence-electron chi connectivity index (χ1n) is 9.60. The van der Waals surface area contributed by atoms with Gasteiger partial charge in [-0.15, -0.1) is 0 Å². The van der Waals surface area contributed by atoms with Crippen LogP contribution in [0.2, 0.25) is 5.02 Å². The lowest BCUT2D eigenvalue weighted by atomic mass is 10.1. The van der Waals surface area contributed by atoms with Crippen molar-refractivity contribution < 1.29 is 9.32 Å². The average molecular weight is 420 g/mol. The van der Waals surface area contributed by atoms with Gasteiger partial charge in [0.25, 0.3) is 5.89 Å². The summed E-state index contributed by atoms with van der Waals surface area (Å²) >= 11 is 6.04. The molecule has 0 radical (unpaired) electrons. The molecule has 0 saturated carbocycles. The number of carbonyl (C=O) groups is 1. The SMILES string of the molecule is Cc1cc(Cl)ccc1N1CC(c2noc(-c3cc(-c4ccccc4)n[nH]3)n2)CC1=O. The quantitative estimate of drug-likeness (QED) is 0.522. The van der Waals surface area contributed by atoms with Crippen molar-refractivity contribution in [3.8, 4) is 22.8 Å². The maximum absolute atomic E-state index is 12.6. The standard InChI is InChI=1S/C22H18ClN5O2/c1-13-9-16(23)7-8-19(13)28-12-15(10-20(28)29)21-24-22(30-27-21)18-11-17(25-26-18)14-5-3-2-4-6-14/h2-9,11,15H,10,12H2,1H3,(H,25,26). The maximum Gasteiger partial charge on any atom is 0.275 e. The van der Waals surface area contributed by atoms with Gasteiger partial charge in [0.05, 0.1) is 5.69 Å². The van der Waals surface area contributed by atoms with Gasteiger partial charge in [-0.25, -0.2) is 0 Å². The van der Waals surface area contributed by atoms with E-state index in [0.717, 1.165) is 22.5 Å². The molecule has 30 heavy (non-hydrogen) atoms. The van der Waals surface area contributed by atoms with Crippen LogP contribution in [0.1, 0.15) is 23.7 Å². The van der Waals surface area contributed by atoms with E-state index in [1.165, 1.54) is 0 Å². The van der Waals surface area contributed by atoms with Crippen LogP contribution in [-0.2, 0) is 4.79 Å². The van der Waals surface area contributed by atoms with Crippen molar-refractivity contribution in [3.63, 3.8) is 0 Å². The molecule has 2 aromatic carbocycles. The van der Waals surface area contributed by atoms with E-state index in [9.17, 15) is 4.79 Å². The Labute approximate surface area is 177 Å². The van der Waals surface area contributed by atoms with E-state index in [1.54, 1.807) is 11.0 Å². The number of nitrogens with one attached hydrogen (secondary N) is 1. The number of rotatable bonds is 4. The molecule has 3 heterocycles. The first-order valence-corrected chi connectivity index (χ1v) is 9.97. The van der Waals surface area contributed by atoms with Gasteiger partial charge in [-0.2, -0.15) is 10.1 Å². The zero-order valence-electron chi connectivity index (χ0n) is 16.2. The van der Waals surface area contributed by atoms with Crippen LogP contribution >= 0.6 is 11.6 Å². The Morgan fingerprint density at radius 1 is 1.17 bits per heavy atom. The van der Waals surface area contributed by atoms with E-state index in [4.69, 9.17) is 16.1 Å². The van der Waals surface area contributed by atoms with Crippen LogP contribution in [0.4, 0.5) is 5.69 Å². The number of nitrogens with zero attached hydrogens (tertiary/aromatic N) is 4. The predicted octanol–water partition coefficient (Wildman–Crippen LogP) is 4.61. The molecule has 0 bridgehead atoms. The van der Waals surface area contributed by atoms with E-state index < -0.39 is 0 Å². The lowest BCUT2D eigenvalue weighted by Crippen LogP contribution is -2.25. The Kier molecular flexibility index (Phi) is 4.59. The molecule has 0 aliphatic carbocycles. The summed E-state index contributed by atoms with van der Waals surface area (Å²) in [5.74, 6) is 0.767. The number of amides is 1. The van der Waals surface area contributed by atoms with Gasteiger partial charge in [0.1, 0.15) is 5.69 Å². The fourth-order valence-electron chi connectivity index (χ4n) is 3.73. The highest BCUT2D eigenvalue weighted by molar-refractivity contribution is 6.30. The Balaban J connectivity index is 1.36. The first-order chi connectivity index (χ1) is 14.6. The summed E-state index contributed by atoms with van der Waals surface area (Å²) < 4.78 is 5.45. The molecule has 1 atom stereocenters. The van der Waals surface area contributed by atoms with Gasteiger partial charge < -0.3 is 9.42 Å². The summed E-state index contributed by atoms with van der Waals surface area (Å²) in [6.07, 6.45) is 0.333. The Hall–Kier alpha value is -3.45. The fourth-order valence-corrected chi connectivity index (χ4v) is 3.96. The largest absolute Gasteiger partial charge is 0.332 e. The third-order valence-corrected chi connectivity index (χ3v) is 5.49. The molecular formula is C22H18ClN5O2. The molecule has 1 saturated heterocycles. The number of aromatic amines is 1. The van der Waals surface area contributed by atoms with Gasteiger partial charge in [-0.05, 0) is 36.8 Å². The van der Waals surface area contributed by atoms with Crippen molar-refractivity contribution in [1.82, 2.24) is 20.3 Å². The fraction of sp³-hybridized carbons (Fsp3) is 0.182. The molecule has 7 nitrogen and oxygen atoms in total. The molecule has 1 amide bonds. The number of hydrogen-bond donors (Lipinski definition) is 1. The number of benzene rings is 2. The summed E-state index contributed by atoms with van der Waals surface area (Å²) in [7, 11) is 0. The Morgan fingerprint density at radius 2 is 2.00 bits per heavy atom. The van der Waals surface area contributed by atoms with Crippen LogP contribution in [0.3, 0.4) is 0 Å². The maximum atomic E-state index is 12.6. The molecule has 8 heteroatoms. The van der Waals surface area contributed by atoms with E-state index in [-0.39, 0.29) is 11.8 Å². The van der Waals surface area contributed by atoms with Gasteiger partial charge in [0.15, 0.2) is 5.82 Å². The topological polar surface area (TPSA) is 87.9 Å². The molecular weight excluding hydrogens is 402 g/mol. The van der Waals surface area contributed by atoms with Crippen molar-refractivity contribution in [2.24, 2.45) is 0 Å². The highest BCUT2D eigenvalue weighted by Gasteiger charge is 2.35. The zero-order chi connectivity index (χ0) is 20.7. The molecule has 1 fully saturated rings. The first kappa shape index (κ1) is 18.6. The lowest BCUT2D eigenvalue weighted by molar-refractivity contribution is -0.117. The smallest absolute Gasteiger partial charge is 0.275 e. The molecule has 2 aromatic heterocycles. The number of aromatic nitrogens is 4. The molecule has 1 aliphatic rings. The van der Waals surface area contributed by atoms with E-state index in [1.807, 2.05) is 55.5 Å². The molecule has 1 N–H and O–H groups in total. The van der Waals surface area contributed by atoms with E-state index in [2.05, 4.69) is 20.3 Å². The molecule has 150 valence electrons. The van der Waals surface area contributed by atoms with Gasteiger partial charge >= 0.3 is 0 Å².